The van der Waals surface area contributed by atoms with E-state index in [2.05, 4.69) is 16.3 Å². The molecule has 2 N–H and O–H groups in total. The number of benzene rings is 1. The van der Waals surface area contributed by atoms with Crippen LogP contribution in [0.25, 0.3) is 0 Å². The third-order valence-corrected chi connectivity index (χ3v) is 3.92. The first-order valence-electron chi connectivity index (χ1n) is 7.29. The molecule has 0 aromatic heterocycles. The lowest BCUT2D eigenvalue weighted by Gasteiger charge is -2.33. The molecule has 2 rings (SSSR count). The van der Waals surface area contributed by atoms with Crippen molar-refractivity contribution in [2.75, 3.05) is 57.9 Å². The second-order valence-corrected chi connectivity index (χ2v) is 5.67. The molecule has 0 atom stereocenters. The van der Waals surface area contributed by atoms with Gasteiger partial charge in [0, 0.05) is 24.4 Å². The first kappa shape index (κ1) is 16.1. The van der Waals surface area contributed by atoms with Gasteiger partial charge in [0.15, 0.2) is 6.54 Å². The molecular weight excluding hydrogens is 290 g/mol. The Balaban J connectivity index is 1.74. The van der Waals surface area contributed by atoms with Crippen LogP contribution in [0.2, 0.25) is 5.02 Å². The average molecular weight is 313 g/mol. The molecule has 0 spiro atoms. The van der Waals surface area contributed by atoms with E-state index < -0.39 is 0 Å². The second kappa shape index (κ2) is 8.22. The van der Waals surface area contributed by atoms with Crippen LogP contribution in [0.1, 0.15) is 0 Å². The van der Waals surface area contributed by atoms with Gasteiger partial charge in [-0.3, -0.25) is 4.79 Å². The maximum Gasteiger partial charge on any atom is 0.275 e. The van der Waals surface area contributed by atoms with Gasteiger partial charge >= 0.3 is 0 Å². The summed E-state index contributed by atoms with van der Waals surface area (Å²) in [5.41, 5.74) is 1.16. The minimum Gasteiger partial charge on any atom is -0.383 e. The zero-order valence-electron chi connectivity index (χ0n) is 12.4. The lowest BCUT2D eigenvalue weighted by atomic mass is 10.2. The first-order valence-corrected chi connectivity index (χ1v) is 7.66. The summed E-state index contributed by atoms with van der Waals surface area (Å²) < 4.78 is 4.92. The summed E-state index contributed by atoms with van der Waals surface area (Å²) in [6.07, 6.45) is 0. The molecule has 1 aromatic carbocycles. The molecule has 6 heteroatoms. The Labute approximate surface area is 130 Å². The Bertz CT molecular complexity index is 462. The molecule has 0 saturated carbocycles. The van der Waals surface area contributed by atoms with Crippen molar-refractivity contribution in [1.29, 1.82) is 0 Å². The molecule has 1 saturated heterocycles. The van der Waals surface area contributed by atoms with Gasteiger partial charge in [-0.05, 0) is 18.2 Å². The van der Waals surface area contributed by atoms with Gasteiger partial charge in [-0.15, -0.1) is 0 Å². The third kappa shape index (κ3) is 5.19. The molecule has 116 valence electrons. The van der Waals surface area contributed by atoms with Crippen LogP contribution in [0.3, 0.4) is 0 Å². The Kier molecular flexibility index (Phi) is 6.29. The normalized spacial score (nSPS) is 16.0. The van der Waals surface area contributed by atoms with Crippen molar-refractivity contribution in [2.24, 2.45) is 0 Å². The minimum atomic E-state index is 0.0956. The van der Waals surface area contributed by atoms with Gasteiger partial charge in [-0.2, -0.15) is 0 Å². The number of carbonyl (C=O) groups excluding carboxylic acids is 1. The number of carbonyl (C=O) groups is 1. The molecular formula is C15H23ClN3O2+. The lowest BCUT2D eigenvalue weighted by molar-refractivity contribution is -0.892. The lowest BCUT2D eigenvalue weighted by Crippen LogP contribution is -3.16. The predicted octanol–water partition coefficient (Wildman–Crippen LogP) is -0.192. The van der Waals surface area contributed by atoms with E-state index >= 15 is 0 Å². The van der Waals surface area contributed by atoms with Crippen molar-refractivity contribution in [2.45, 2.75) is 0 Å². The van der Waals surface area contributed by atoms with E-state index in [0.717, 1.165) is 36.9 Å². The van der Waals surface area contributed by atoms with E-state index in [1.165, 1.54) is 4.90 Å². The van der Waals surface area contributed by atoms with E-state index in [4.69, 9.17) is 16.3 Å². The Hall–Kier alpha value is -1.30. The van der Waals surface area contributed by atoms with Crippen molar-refractivity contribution in [3.63, 3.8) is 0 Å². The largest absolute Gasteiger partial charge is 0.383 e. The molecule has 0 unspecified atom stereocenters. The zero-order valence-corrected chi connectivity index (χ0v) is 13.2. The highest BCUT2D eigenvalue weighted by Crippen LogP contribution is 2.19. The third-order valence-electron chi connectivity index (χ3n) is 3.68. The van der Waals surface area contributed by atoms with Crippen LogP contribution in [0.15, 0.2) is 24.3 Å². The van der Waals surface area contributed by atoms with E-state index in [9.17, 15) is 4.79 Å². The van der Waals surface area contributed by atoms with Crippen molar-refractivity contribution < 1.29 is 14.4 Å². The Morgan fingerprint density at radius 2 is 2.19 bits per heavy atom. The van der Waals surface area contributed by atoms with Crippen LogP contribution in [0.4, 0.5) is 5.69 Å². The highest BCUT2D eigenvalue weighted by atomic mass is 35.5. The molecule has 1 heterocycles. The molecule has 0 aliphatic carbocycles. The summed E-state index contributed by atoms with van der Waals surface area (Å²) in [6, 6.07) is 7.93. The van der Waals surface area contributed by atoms with Crippen LogP contribution in [-0.4, -0.2) is 58.9 Å². The quantitative estimate of drug-likeness (QED) is 0.716. The van der Waals surface area contributed by atoms with Crippen LogP contribution < -0.4 is 15.1 Å². The summed E-state index contributed by atoms with van der Waals surface area (Å²) in [5, 5.41) is 3.63. The maximum absolute atomic E-state index is 11.8. The number of nitrogens with one attached hydrogen (secondary N) is 2. The SMILES string of the molecule is COCCNC(=O)C[NH+]1CCN(c2cccc(Cl)c2)CC1. The number of rotatable bonds is 6. The van der Waals surface area contributed by atoms with Gasteiger partial charge in [-0.1, -0.05) is 17.7 Å². The van der Waals surface area contributed by atoms with Gasteiger partial charge in [0.05, 0.1) is 32.8 Å². The average Bonchev–Trinajstić information content (AvgIpc) is 2.48. The fourth-order valence-corrected chi connectivity index (χ4v) is 2.70. The molecule has 1 aliphatic rings. The summed E-state index contributed by atoms with van der Waals surface area (Å²) in [7, 11) is 1.63. The molecule has 5 nitrogen and oxygen atoms in total. The van der Waals surface area contributed by atoms with Crippen molar-refractivity contribution in [3.05, 3.63) is 29.3 Å². The monoisotopic (exact) mass is 312 g/mol. The smallest absolute Gasteiger partial charge is 0.275 e. The number of halogens is 1. The molecule has 0 bridgehead atoms. The molecule has 0 radical (unpaired) electrons. The summed E-state index contributed by atoms with van der Waals surface area (Å²) >= 11 is 6.03. The number of ether oxygens (including phenoxy) is 1. The van der Waals surface area contributed by atoms with Gasteiger partial charge in [0.25, 0.3) is 5.91 Å². The number of nitrogens with zero attached hydrogens (tertiary/aromatic N) is 1. The highest BCUT2D eigenvalue weighted by molar-refractivity contribution is 6.30. The highest BCUT2D eigenvalue weighted by Gasteiger charge is 2.22. The number of amides is 1. The van der Waals surface area contributed by atoms with Gasteiger partial charge < -0.3 is 19.9 Å². The van der Waals surface area contributed by atoms with Gasteiger partial charge in [-0.25, -0.2) is 0 Å². The van der Waals surface area contributed by atoms with Crippen LogP contribution >= 0.6 is 11.6 Å². The summed E-state index contributed by atoms with van der Waals surface area (Å²) in [6.45, 7) is 5.49. The Morgan fingerprint density at radius 1 is 1.43 bits per heavy atom. The van der Waals surface area contributed by atoms with E-state index in [-0.39, 0.29) is 5.91 Å². The number of piperazine rings is 1. The standard InChI is InChI=1S/C15H22ClN3O2/c1-21-10-5-17-15(20)12-18-6-8-19(9-7-18)14-4-2-3-13(16)11-14/h2-4,11H,5-10,12H2,1H3,(H,17,20)/p+1. The second-order valence-electron chi connectivity index (χ2n) is 5.24. The van der Waals surface area contributed by atoms with Crippen LogP contribution in [-0.2, 0) is 9.53 Å². The van der Waals surface area contributed by atoms with Crippen molar-refractivity contribution in [3.8, 4) is 0 Å². The topological polar surface area (TPSA) is 46.0 Å². The number of methoxy groups -OCH3 is 1. The van der Waals surface area contributed by atoms with Crippen molar-refractivity contribution in [1.82, 2.24) is 5.32 Å². The number of anilines is 1. The molecule has 1 aromatic rings. The number of quaternary nitrogens is 1. The summed E-state index contributed by atoms with van der Waals surface area (Å²) in [5.74, 6) is 0.0956. The van der Waals surface area contributed by atoms with Gasteiger partial charge in [0.2, 0.25) is 0 Å². The predicted molar refractivity (Wildman–Crippen MR) is 84.1 cm³/mol. The fourth-order valence-electron chi connectivity index (χ4n) is 2.51. The van der Waals surface area contributed by atoms with E-state index in [0.29, 0.717) is 19.7 Å². The fraction of sp³-hybridized carbons (Fsp3) is 0.533. The van der Waals surface area contributed by atoms with E-state index in [1.807, 2.05) is 18.2 Å². The molecule has 1 amide bonds. The van der Waals surface area contributed by atoms with Crippen LogP contribution in [0.5, 0.6) is 0 Å². The van der Waals surface area contributed by atoms with E-state index in [1.54, 1.807) is 7.11 Å². The molecule has 1 fully saturated rings. The molecule has 1 aliphatic heterocycles. The first-order chi connectivity index (χ1) is 10.2. The maximum atomic E-state index is 11.8. The van der Waals surface area contributed by atoms with Crippen molar-refractivity contribution >= 4 is 23.2 Å². The summed E-state index contributed by atoms with van der Waals surface area (Å²) in [4.78, 5) is 15.4. The zero-order chi connectivity index (χ0) is 15.1. The Morgan fingerprint density at radius 3 is 2.86 bits per heavy atom. The number of hydrogen-bond acceptors (Lipinski definition) is 3. The number of hydrogen-bond donors (Lipinski definition) is 2. The molecule has 21 heavy (non-hydrogen) atoms. The van der Waals surface area contributed by atoms with Gasteiger partial charge in [0.1, 0.15) is 0 Å². The minimum absolute atomic E-state index is 0.0956. The van der Waals surface area contributed by atoms with Crippen LogP contribution in [0, 0.1) is 0 Å².